The molecule has 0 radical (unpaired) electrons. The summed E-state index contributed by atoms with van der Waals surface area (Å²) in [5, 5.41) is 21.6. The Hall–Kier alpha value is -7.13. The normalized spacial score (nSPS) is 17.6. The largest absolute Gasteiger partial charge is 0.494 e. The van der Waals surface area contributed by atoms with Gasteiger partial charge in [0.15, 0.2) is 0 Å². The number of piperidine rings is 1. The Balaban J connectivity index is 0.920. The standard InChI is InChI=1S/C63H86F2IN11O13/c1-2-50-38-63(64,65)42-77(50)59(83)39-70-61(86)52-20-25-67-54-19-18-51(37-53(52)54)90-36-8-10-48-21-26-76(27-22-48)58(82)13-4-3-5-23-69-62(87)55(11-7-24-68-56(80)12-6-9-47-14-16-49(66)17-15-47)71-57(81)40-72-28-29-73(41-60(84)85)31-33-75(44-89-46-79)35-34-74(32-30-72)43-88-45-78/h1,14-20,25,37,45-46,48,50,55H,3-13,21-24,26-36,38-44H2,(H,68,80)(H,69,87)(H,70,86)(H,71,81)(H,84,85)/t50-,55-/m0/s1. The number of carbonyl (C=O) groups is 9. The van der Waals surface area contributed by atoms with E-state index in [1.54, 1.807) is 23.1 Å². The molecular weight excluding hydrogens is 1280 g/mol. The van der Waals surface area contributed by atoms with Gasteiger partial charge in [-0.25, -0.2) is 8.78 Å². The Bertz CT molecular complexity index is 2880. The third kappa shape index (κ3) is 25.6. The zero-order chi connectivity index (χ0) is 64.7. The van der Waals surface area contributed by atoms with Crippen molar-refractivity contribution in [2.24, 2.45) is 5.92 Å². The lowest BCUT2D eigenvalue weighted by Gasteiger charge is -2.33. The van der Waals surface area contributed by atoms with Crippen molar-refractivity contribution in [2.45, 2.75) is 108 Å². The third-order valence-corrected chi connectivity index (χ3v) is 17.0. The van der Waals surface area contributed by atoms with E-state index in [9.17, 15) is 57.0 Å². The van der Waals surface area contributed by atoms with Crippen molar-refractivity contribution in [1.29, 1.82) is 0 Å². The molecule has 6 rings (SSSR count). The van der Waals surface area contributed by atoms with Gasteiger partial charge in [0, 0.05) is 113 Å². The van der Waals surface area contributed by atoms with E-state index in [4.69, 9.17) is 20.6 Å². The molecule has 3 aliphatic rings. The van der Waals surface area contributed by atoms with Gasteiger partial charge < -0.3 is 50.4 Å². The number of unbranched alkanes of at least 4 members (excludes halogenated alkanes) is 2. The van der Waals surface area contributed by atoms with E-state index in [-0.39, 0.29) is 62.8 Å². The van der Waals surface area contributed by atoms with Crippen LogP contribution in [0.2, 0.25) is 0 Å². The molecule has 3 aliphatic heterocycles. The van der Waals surface area contributed by atoms with Crippen LogP contribution in [0.15, 0.2) is 54.7 Å². The van der Waals surface area contributed by atoms with Crippen LogP contribution in [-0.2, 0) is 54.3 Å². The van der Waals surface area contributed by atoms with E-state index in [2.05, 4.69) is 54.8 Å². The lowest BCUT2D eigenvalue weighted by atomic mass is 9.92. The average Bonchev–Trinajstić information content (AvgIpc) is 1.96. The Labute approximate surface area is 538 Å². The summed E-state index contributed by atoms with van der Waals surface area (Å²) in [4.78, 5) is 128. The van der Waals surface area contributed by atoms with E-state index < -0.39 is 61.2 Å². The van der Waals surface area contributed by atoms with E-state index in [1.807, 2.05) is 43.9 Å². The topological polar surface area (TPSA) is 282 Å². The first-order valence-corrected chi connectivity index (χ1v) is 32.0. The van der Waals surface area contributed by atoms with Crippen molar-refractivity contribution in [1.82, 2.24) is 55.7 Å². The molecule has 2 atom stereocenters. The molecule has 0 saturated carbocycles. The number of halogens is 3. The SMILES string of the molecule is C#C[C@H]1CC(F)(F)CN1C(=O)CNC(=O)c1ccnc2ccc(OCCCC3CCN(C(=O)CCCCCNC(=O)[C@H](CCCNC(=O)CCCc4ccc(I)cc4)NC(=O)CN4CCN(COC=O)CCN(COC=O)CCN(CC(=O)O)CC4)CC3)cc12. The molecule has 27 heteroatoms. The summed E-state index contributed by atoms with van der Waals surface area (Å²) in [6.45, 7) is 4.14. The molecule has 0 aliphatic carbocycles. The fourth-order valence-corrected chi connectivity index (χ4v) is 11.5. The van der Waals surface area contributed by atoms with Crippen molar-refractivity contribution in [3.05, 3.63) is 69.4 Å². The molecule has 0 bridgehead atoms. The summed E-state index contributed by atoms with van der Waals surface area (Å²) in [7, 11) is 0. The number of aliphatic carboxylic acids is 1. The van der Waals surface area contributed by atoms with Crippen LogP contribution in [0.1, 0.15) is 99.4 Å². The zero-order valence-electron chi connectivity index (χ0n) is 51.1. The molecule has 90 heavy (non-hydrogen) atoms. The van der Waals surface area contributed by atoms with E-state index in [1.165, 1.54) is 12.3 Å². The molecule has 3 aromatic rings. The summed E-state index contributed by atoms with van der Waals surface area (Å²) in [5.41, 5.74) is 1.93. The molecule has 3 fully saturated rings. The number of rotatable bonds is 34. The molecule has 3 saturated heterocycles. The van der Waals surface area contributed by atoms with Crippen molar-refractivity contribution < 1.29 is 71.2 Å². The fraction of sp³-hybridized carbons (Fsp3) is 0.587. The predicted octanol–water partition coefficient (Wildman–Crippen LogP) is 3.48. The average molecular weight is 1370 g/mol. The summed E-state index contributed by atoms with van der Waals surface area (Å²) >= 11 is 2.25. The van der Waals surface area contributed by atoms with Crippen LogP contribution in [0.25, 0.3) is 10.9 Å². The second kappa shape index (κ2) is 38.5. The first-order valence-electron chi connectivity index (χ1n) is 30.9. The molecule has 24 nitrogen and oxygen atoms in total. The van der Waals surface area contributed by atoms with E-state index >= 15 is 0 Å². The lowest BCUT2D eigenvalue weighted by Crippen LogP contribution is -2.52. The number of aromatic nitrogens is 1. The molecule has 5 N–H and O–H groups in total. The highest BCUT2D eigenvalue weighted by Gasteiger charge is 2.46. The van der Waals surface area contributed by atoms with Gasteiger partial charge >= 0.3 is 5.97 Å². The number of hydrogen-bond donors (Lipinski definition) is 5. The van der Waals surface area contributed by atoms with Crippen molar-refractivity contribution in [2.75, 3.05) is 125 Å². The number of carbonyl (C=O) groups excluding carboxylic acids is 8. The number of ether oxygens (including phenoxy) is 3. The molecule has 492 valence electrons. The van der Waals surface area contributed by atoms with Crippen LogP contribution < -0.4 is 26.0 Å². The number of pyridine rings is 1. The van der Waals surface area contributed by atoms with E-state index in [0.717, 1.165) is 46.1 Å². The first kappa shape index (κ1) is 71.9. The monoisotopic (exact) mass is 1370 g/mol. The van der Waals surface area contributed by atoms with Crippen molar-refractivity contribution in [3.63, 3.8) is 0 Å². The van der Waals surface area contributed by atoms with Crippen molar-refractivity contribution in [3.8, 4) is 18.1 Å². The van der Waals surface area contributed by atoms with Gasteiger partial charge in [0.05, 0.1) is 49.9 Å². The molecule has 1 aromatic heterocycles. The van der Waals surface area contributed by atoms with Crippen LogP contribution in [0.4, 0.5) is 8.78 Å². The van der Waals surface area contributed by atoms with Gasteiger partial charge in [-0.1, -0.05) is 24.5 Å². The van der Waals surface area contributed by atoms with Gasteiger partial charge in [-0.15, -0.1) is 6.42 Å². The van der Waals surface area contributed by atoms with Gasteiger partial charge in [0.25, 0.3) is 24.8 Å². The minimum Gasteiger partial charge on any atom is -0.494 e. The Morgan fingerprint density at radius 2 is 1.40 bits per heavy atom. The van der Waals surface area contributed by atoms with Gasteiger partial charge in [0.2, 0.25) is 29.5 Å². The highest BCUT2D eigenvalue weighted by Crippen LogP contribution is 2.32. The molecular formula is C63H86F2IN11O13. The zero-order valence-corrected chi connectivity index (χ0v) is 53.3. The maximum atomic E-state index is 14.0. The maximum absolute atomic E-state index is 14.0. The second-order valence-corrected chi connectivity index (χ2v) is 24.2. The maximum Gasteiger partial charge on any atom is 0.317 e. The number of carboxylic acid groups (broad SMARTS) is 1. The summed E-state index contributed by atoms with van der Waals surface area (Å²) in [6.07, 6.45) is 14.3. The number of nitrogens with one attached hydrogen (secondary N) is 4. The Morgan fingerprint density at radius 3 is 2.06 bits per heavy atom. The van der Waals surface area contributed by atoms with E-state index in [0.29, 0.717) is 159 Å². The number of hydrogen-bond acceptors (Lipinski definition) is 17. The van der Waals surface area contributed by atoms with Crippen molar-refractivity contribution >= 4 is 87.9 Å². The minimum absolute atomic E-state index is 0.00499. The number of terminal acetylenes is 1. The first-order chi connectivity index (χ1) is 43.4. The predicted molar refractivity (Wildman–Crippen MR) is 337 cm³/mol. The number of carboxylic acids is 1. The van der Waals surface area contributed by atoms with Crippen LogP contribution in [-0.4, -0.2) is 237 Å². The lowest BCUT2D eigenvalue weighted by molar-refractivity contribution is -0.139. The highest BCUT2D eigenvalue weighted by molar-refractivity contribution is 14.1. The number of benzene rings is 2. The second-order valence-electron chi connectivity index (χ2n) is 23.0. The summed E-state index contributed by atoms with van der Waals surface area (Å²) in [5.74, 6) is -3.04. The Morgan fingerprint density at radius 1 is 0.744 bits per heavy atom. The fourth-order valence-electron chi connectivity index (χ4n) is 11.2. The van der Waals surface area contributed by atoms with Gasteiger partial charge in [-0.05, 0) is 135 Å². The number of nitrogens with zero attached hydrogens (tertiary/aromatic N) is 7. The van der Waals surface area contributed by atoms with Gasteiger partial charge in [-0.3, -0.25) is 67.7 Å². The number of fused-ring (bicyclic) bond motifs is 1. The summed E-state index contributed by atoms with van der Waals surface area (Å²) in [6, 6.07) is 12.9. The highest BCUT2D eigenvalue weighted by atomic mass is 127. The van der Waals surface area contributed by atoms with Crippen LogP contribution in [0.5, 0.6) is 5.75 Å². The summed E-state index contributed by atoms with van der Waals surface area (Å²) < 4.78 is 45.2. The quantitative estimate of drug-likeness (QED) is 0.0248. The molecule has 6 amide bonds. The van der Waals surface area contributed by atoms with Gasteiger partial charge in [-0.2, -0.15) is 0 Å². The minimum atomic E-state index is -3.09. The number of likely N-dealkylation sites (tertiary alicyclic amines) is 2. The number of alkyl halides is 2. The molecule has 2 aromatic carbocycles. The smallest absolute Gasteiger partial charge is 0.317 e. The molecule has 0 unspecified atom stereocenters. The van der Waals surface area contributed by atoms with Crippen LogP contribution in [0, 0.1) is 21.8 Å². The number of aryl methyl sites for hydroxylation is 1. The molecule has 0 spiro atoms. The molecule has 4 heterocycles. The van der Waals surface area contributed by atoms with Gasteiger partial charge in [0.1, 0.15) is 25.3 Å². The third-order valence-electron chi connectivity index (χ3n) is 16.2. The van der Waals surface area contributed by atoms with Crippen LogP contribution in [0.3, 0.4) is 0 Å². The Kier molecular flexibility index (Phi) is 30.8. The van der Waals surface area contributed by atoms with Crippen LogP contribution >= 0.6 is 22.6 Å². The number of amides is 6.